The fourth-order valence-corrected chi connectivity index (χ4v) is 2.23. The maximum absolute atomic E-state index is 12.6. The zero-order chi connectivity index (χ0) is 13.9. The summed E-state index contributed by atoms with van der Waals surface area (Å²) in [6, 6.07) is 0.998. The molecule has 1 aromatic rings. The van der Waals surface area contributed by atoms with Crippen LogP contribution in [0.25, 0.3) is 0 Å². The van der Waals surface area contributed by atoms with Crippen LogP contribution >= 0.6 is 0 Å². The number of rotatable bonds is 3. The number of carbonyl (C=O) groups is 1. The van der Waals surface area contributed by atoms with Crippen molar-refractivity contribution in [1.29, 1.82) is 0 Å². The lowest BCUT2D eigenvalue weighted by atomic mass is 10.0. The highest BCUT2D eigenvalue weighted by Crippen LogP contribution is 2.23. The summed E-state index contributed by atoms with van der Waals surface area (Å²) < 4.78 is 42.7. The Balaban J connectivity index is 2.15. The predicted octanol–water partition coefficient (Wildman–Crippen LogP) is 2.04. The van der Waals surface area contributed by atoms with Crippen molar-refractivity contribution in [2.45, 2.75) is 25.1 Å². The predicted molar refractivity (Wildman–Crippen MR) is 61.7 cm³/mol. The lowest BCUT2D eigenvalue weighted by Gasteiger charge is -2.34. The van der Waals surface area contributed by atoms with Crippen LogP contribution < -0.4 is 5.32 Å². The van der Waals surface area contributed by atoms with E-state index in [9.17, 15) is 18.0 Å². The molecule has 0 unspecified atom stereocenters. The van der Waals surface area contributed by atoms with Crippen molar-refractivity contribution < 1.29 is 22.4 Å². The highest BCUT2D eigenvalue weighted by molar-refractivity contribution is 5.94. The molecule has 4 nitrogen and oxygen atoms in total. The van der Waals surface area contributed by atoms with Gasteiger partial charge in [-0.05, 0) is 32.0 Å². The zero-order valence-electron chi connectivity index (χ0n) is 10.2. The number of nitrogens with one attached hydrogen (secondary N) is 1. The number of carbonyl (C=O) groups excluding carboxylic acids is 1. The van der Waals surface area contributed by atoms with Gasteiger partial charge in [0.2, 0.25) is 0 Å². The van der Waals surface area contributed by atoms with Crippen molar-refractivity contribution >= 4 is 5.91 Å². The first kappa shape index (κ1) is 13.9. The minimum atomic E-state index is -4.40. The van der Waals surface area contributed by atoms with E-state index in [-0.39, 0.29) is 11.6 Å². The van der Waals surface area contributed by atoms with Gasteiger partial charge in [0.25, 0.3) is 5.91 Å². The Morgan fingerprint density at radius 1 is 1.42 bits per heavy atom. The molecule has 19 heavy (non-hydrogen) atoms. The third-order valence-electron chi connectivity index (χ3n) is 3.13. The Morgan fingerprint density at radius 2 is 2.11 bits per heavy atom. The van der Waals surface area contributed by atoms with Crippen molar-refractivity contribution in [1.82, 2.24) is 10.2 Å². The van der Waals surface area contributed by atoms with E-state index < -0.39 is 18.6 Å². The van der Waals surface area contributed by atoms with E-state index in [1.807, 2.05) is 0 Å². The van der Waals surface area contributed by atoms with E-state index in [0.717, 1.165) is 4.90 Å². The molecule has 1 fully saturated rings. The molecule has 0 aliphatic carbocycles. The summed E-state index contributed by atoms with van der Waals surface area (Å²) in [6.07, 6.45) is -0.891. The third kappa shape index (κ3) is 3.73. The molecule has 0 spiro atoms. The van der Waals surface area contributed by atoms with Gasteiger partial charge in [0.15, 0.2) is 0 Å². The molecule has 1 saturated heterocycles. The summed E-state index contributed by atoms with van der Waals surface area (Å²) in [7, 11) is 0. The average molecular weight is 276 g/mol. The van der Waals surface area contributed by atoms with Crippen LogP contribution in [0.15, 0.2) is 23.0 Å². The summed E-state index contributed by atoms with van der Waals surface area (Å²) in [4.78, 5) is 13.0. The molecule has 0 atom stereocenters. The van der Waals surface area contributed by atoms with Crippen molar-refractivity contribution in [2.75, 3.05) is 19.6 Å². The van der Waals surface area contributed by atoms with Gasteiger partial charge in [0, 0.05) is 6.04 Å². The van der Waals surface area contributed by atoms with E-state index in [1.54, 1.807) is 0 Å². The number of halogens is 3. The summed E-state index contributed by atoms with van der Waals surface area (Å²) in [5, 5.41) is 3.07. The Labute approximate surface area is 108 Å². The fourth-order valence-electron chi connectivity index (χ4n) is 2.23. The minimum absolute atomic E-state index is 0.155. The van der Waals surface area contributed by atoms with Gasteiger partial charge >= 0.3 is 6.18 Å². The molecule has 1 N–H and O–H groups in total. The number of nitrogens with zero attached hydrogens (tertiary/aromatic N) is 1. The highest BCUT2D eigenvalue weighted by Gasteiger charge is 2.37. The summed E-state index contributed by atoms with van der Waals surface area (Å²) in [5.41, 5.74) is 0.155. The molecule has 2 heterocycles. The maximum atomic E-state index is 12.6. The van der Waals surface area contributed by atoms with Gasteiger partial charge in [-0.15, -0.1) is 0 Å². The molecule has 1 aromatic heterocycles. The van der Waals surface area contributed by atoms with E-state index in [4.69, 9.17) is 4.42 Å². The SMILES string of the molecule is O=C(c1ccoc1)N(CC(F)(F)F)C1CCNCC1. The zero-order valence-corrected chi connectivity index (χ0v) is 10.2. The maximum Gasteiger partial charge on any atom is 0.406 e. The molecular weight excluding hydrogens is 261 g/mol. The van der Waals surface area contributed by atoms with E-state index in [1.165, 1.54) is 18.6 Å². The summed E-state index contributed by atoms with van der Waals surface area (Å²) >= 11 is 0. The molecule has 0 radical (unpaired) electrons. The van der Waals surface area contributed by atoms with Crippen LogP contribution in [0.4, 0.5) is 13.2 Å². The second-order valence-corrected chi connectivity index (χ2v) is 4.54. The molecule has 0 saturated carbocycles. The van der Waals surface area contributed by atoms with Crippen LogP contribution in [0, 0.1) is 0 Å². The molecule has 1 aliphatic heterocycles. The molecule has 7 heteroatoms. The number of piperidine rings is 1. The first-order valence-electron chi connectivity index (χ1n) is 6.08. The largest absolute Gasteiger partial charge is 0.472 e. The van der Waals surface area contributed by atoms with Crippen LogP contribution in [0.2, 0.25) is 0 Å². The normalized spacial score (nSPS) is 17.4. The number of hydrogen-bond acceptors (Lipinski definition) is 3. The second kappa shape index (κ2) is 5.64. The van der Waals surface area contributed by atoms with Gasteiger partial charge in [-0.1, -0.05) is 0 Å². The number of alkyl halides is 3. The van der Waals surface area contributed by atoms with Crippen molar-refractivity contribution in [3.05, 3.63) is 24.2 Å². The fraction of sp³-hybridized carbons (Fsp3) is 0.583. The Hall–Kier alpha value is -1.50. The summed E-state index contributed by atoms with van der Waals surface area (Å²) in [5.74, 6) is -0.627. The third-order valence-corrected chi connectivity index (χ3v) is 3.13. The molecule has 1 amide bonds. The second-order valence-electron chi connectivity index (χ2n) is 4.54. The van der Waals surface area contributed by atoms with Gasteiger partial charge in [-0.25, -0.2) is 0 Å². The first-order chi connectivity index (χ1) is 8.97. The van der Waals surface area contributed by atoms with Crippen LogP contribution in [0.3, 0.4) is 0 Å². The van der Waals surface area contributed by atoms with Gasteiger partial charge in [0.05, 0.1) is 11.8 Å². The molecule has 0 aromatic carbocycles. The quantitative estimate of drug-likeness (QED) is 0.919. The molecular formula is C12H15F3N2O2. The smallest absolute Gasteiger partial charge is 0.406 e. The van der Waals surface area contributed by atoms with Crippen LogP contribution in [-0.4, -0.2) is 42.7 Å². The van der Waals surface area contributed by atoms with E-state index in [2.05, 4.69) is 5.32 Å². The van der Waals surface area contributed by atoms with Gasteiger partial charge in [-0.2, -0.15) is 13.2 Å². The Kier molecular flexibility index (Phi) is 4.14. The van der Waals surface area contributed by atoms with E-state index >= 15 is 0 Å². The van der Waals surface area contributed by atoms with Crippen molar-refractivity contribution in [2.24, 2.45) is 0 Å². The van der Waals surface area contributed by atoms with E-state index in [0.29, 0.717) is 25.9 Å². The summed E-state index contributed by atoms with van der Waals surface area (Å²) in [6.45, 7) is 0.0249. The standard InChI is InChI=1S/C12H15F3N2O2/c13-12(14,15)8-17(10-1-4-16-5-2-10)11(18)9-3-6-19-7-9/h3,6-7,10,16H,1-2,4-5,8H2. The number of amides is 1. The minimum Gasteiger partial charge on any atom is -0.472 e. The monoisotopic (exact) mass is 276 g/mol. The lowest BCUT2D eigenvalue weighted by molar-refractivity contribution is -0.145. The Morgan fingerprint density at radius 3 is 2.63 bits per heavy atom. The van der Waals surface area contributed by atoms with Crippen molar-refractivity contribution in [3.63, 3.8) is 0 Å². The topological polar surface area (TPSA) is 45.5 Å². The molecule has 0 bridgehead atoms. The van der Waals surface area contributed by atoms with Crippen LogP contribution in [0.5, 0.6) is 0 Å². The van der Waals surface area contributed by atoms with Gasteiger partial charge in [-0.3, -0.25) is 4.79 Å². The Bertz CT molecular complexity index is 411. The number of furan rings is 1. The number of hydrogen-bond donors (Lipinski definition) is 1. The first-order valence-corrected chi connectivity index (χ1v) is 6.08. The average Bonchev–Trinajstić information content (AvgIpc) is 2.89. The molecule has 2 rings (SSSR count). The lowest BCUT2D eigenvalue weighted by Crippen LogP contribution is -2.49. The molecule has 1 aliphatic rings. The van der Waals surface area contributed by atoms with Crippen LogP contribution in [-0.2, 0) is 0 Å². The van der Waals surface area contributed by atoms with Gasteiger partial charge < -0.3 is 14.6 Å². The van der Waals surface area contributed by atoms with Crippen LogP contribution in [0.1, 0.15) is 23.2 Å². The molecule has 106 valence electrons. The van der Waals surface area contributed by atoms with Crippen molar-refractivity contribution in [3.8, 4) is 0 Å². The highest BCUT2D eigenvalue weighted by atomic mass is 19.4. The van der Waals surface area contributed by atoms with Gasteiger partial charge in [0.1, 0.15) is 12.8 Å².